The van der Waals surface area contributed by atoms with E-state index in [1.807, 2.05) is 48.6 Å². The van der Waals surface area contributed by atoms with E-state index in [-0.39, 0.29) is 0 Å². The summed E-state index contributed by atoms with van der Waals surface area (Å²) in [7, 11) is 1.92. The summed E-state index contributed by atoms with van der Waals surface area (Å²) < 4.78 is 0. The van der Waals surface area contributed by atoms with E-state index in [0.29, 0.717) is 11.6 Å². The highest BCUT2D eigenvalue weighted by atomic mass is 15.2. The van der Waals surface area contributed by atoms with Crippen molar-refractivity contribution < 1.29 is 0 Å². The van der Waals surface area contributed by atoms with Crippen LogP contribution in [-0.2, 0) is 0 Å². The lowest BCUT2D eigenvalue weighted by Crippen LogP contribution is -2.11. The van der Waals surface area contributed by atoms with Crippen LogP contribution in [0.1, 0.15) is 0 Å². The summed E-state index contributed by atoms with van der Waals surface area (Å²) in [5.41, 5.74) is 2.08. The van der Waals surface area contributed by atoms with Crippen molar-refractivity contribution in [2.45, 2.75) is 0 Å². The van der Waals surface area contributed by atoms with E-state index >= 15 is 0 Å². The van der Waals surface area contributed by atoms with Gasteiger partial charge in [-0.2, -0.15) is 5.26 Å². The number of aromatic nitrogens is 3. The largest absolute Gasteiger partial charge is 0.359 e. The highest BCUT2D eigenvalue weighted by molar-refractivity contribution is 5.94. The Morgan fingerprint density at radius 1 is 1.30 bits per heavy atom. The predicted octanol–water partition coefficient (Wildman–Crippen LogP) is 2.62. The molecule has 1 aromatic carbocycles. The standard InChI is InChI=1S/C14H12N6/c1-20(14-6-13(17-8-15)18-9-19-14)12-7-16-11-5-3-2-4-10(11)12/h2-7,9,16H,1H3,(H,17,18,19). The highest BCUT2D eigenvalue weighted by Gasteiger charge is 2.11. The number of H-pyrrole nitrogens is 1. The molecule has 6 nitrogen and oxygen atoms in total. The fourth-order valence-electron chi connectivity index (χ4n) is 2.11. The molecule has 0 saturated carbocycles. The van der Waals surface area contributed by atoms with Crippen LogP contribution < -0.4 is 10.2 Å². The number of aromatic amines is 1. The molecule has 0 atom stereocenters. The highest BCUT2D eigenvalue weighted by Crippen LogP contribution is 2.30. The summed E-state index contributed by atoms with van der Waals surface area (Å²) in [5.74, 6) is 1.19. The molecule has 0 unspecified atom stereocenters. The van der Waals surface area contributed by atoms with Crippen molar-refractivity contribution in [1.29, 1.82) is 5.26 Å². The maximum Gasteiger partial charge on any atom is 0.182 e. The second-order valence-corrected chi connectivity index (χ2v) is 4.28. The van der Waals surface area contributed by atoms with Crippen LogP contribution in [0.5, 0.6) is 0 Å². The van der Waals surface area contributed by atoms with Gasteiger partial charge >= 0.3 is 0 Å². The van der Waals surface area contributed by atoms with Crippen LogP contribution in [0.25, 0.3) is 10.9 Å². The zero-order valence-corrected chi connectivity index (χ0v) is 10.8. The van der Waals surface area contributed by atoms with Crippen LogP contribution in [0.3, 0.4) is 0 Å². The minimum Gasteiger partial charge on any atom is -0.359 e. The molecule has 0 saturated heterocycles. The SMILES string of the molecule is CN(c1cc(NC#N)ncn1)c1c[nH]c2ccccc12. The van der Waals surface area contributed by atoms with E-state index in [1.54, 1.807) is 6.07 Å². The normalized spacial score (nSPS) is 10.2. The molecule has 0 aliphatic carbocycles. The molecule has 20 heavy (non-hydrogen) atoms. The monoisotopic (exact) mass is 264 g/mol. The molecule has 0 bridgehead atoms. The Labute approximate surface area is 115 Å². The van der Waals surface area contributed by atoms with Gasteiger partial charge in [-0.05, 0) is 6.07 Å². The first-order valence-electron chi connectivity index (χ1n) is 6.06. The summed E-state index contributed by atoms with van der Waals surface area (Å²) in [6.45, 7) is 0. The Balaban J connectivity index is 2.02. The lowest BCUT2D eigenvalue weighted by atomic mass is 10.2. The number of nitrogens with one attached hydrogen (secondary N) is 2. The molecule has 3 aromatic rings. The smallest absolute Gasteiger partial charge is 0.182 e. The van der Waals surface area contributed by atoms with Crippen molar-refractivity contribution in [3.05, 3.63) is 42.9 Å². The molecule has 98 valence electrons. The third kappa shape index (κ3) is 2.01. The van der Waals surface area contributed by atoms with Gasteiger partial charge in [-0.15, -0.1) is 0 Å². The van der Waals surface area contributed by atoms with Gasteiger partial charge in [0.25, 0.3) is 0 Å². The number of fused-ring (bicyclic) bond motifs is 1. The first kappa shape index (κ1) is 12.0. The van der Waals surface area contributed by atoms with Gasteiger partial charge in [-0.1, -0.05) is 18.2 Å². The molecule has 3 rings (SSSR count). The number of anilines is 3. The Hall–Kier alpha value is -3.07. The lowest BCUT2D eigenvalue weighted by Gasteiger charge is -2.17. The molecule has 0 spiro atoms. The second kappa shape index (κ2) is 4.90. The molecule has 0 aliphatic rings. The van der Waals surface area contributed by atoms with Gasteiger partial charge in [0.05, 0.1) is 5.69 Å². The molecule has 2 aromatic heterocycles. The summed E-state index contributed by atoms with van der Waals surface area (Å²) in [6, 6.07) is 9.78. The van der Waals surface area contributed by atoms with Crippen LogP contribution in [0, 0.1) is 11.5 Å². The maximum absolute atomic E-state index is 8.63. The first-order valence-corrected chi connectivity index (χ1v) is 6.06. The molecule has 0 radical (unpaired) electrons. The molecular formula is C14H12N6. The van der Waals surface area contributed by atoms with Crippen molar-refractivity contribution in [2.24, 2.45) is 0 Å². The van der Waals surface area contributed by atoms with E-state index < -0.39 is 0 Å². The third-order valence-corrected chi connectivity index (χ3v) is 3.11. The summed E-state index contributed by atoms with van der Waals surface area (Å²) in [5, 5.41) is 12.3. The molecule has 0 aliphatic heterocycles. The molecule has 2 heterocycles. The zero-order chi connectivity index (χ0) is 13.9. The number of para-hydroxylation sites is 1. The van der Waals surface area contributed by atoms with Crippen LogP contribution in [0.15, 0.2) is 42.9 Å². The minimum absolute atomic E-state index is 0.476. The number of rotatable bonds is 3. The topological polar surface area (TPSA) is 80.6 Å². The van der Waals surface area contributed by atoms with Crippen molar-refractivity contribution in [1.82, 2.24) is 15.0 Å². The Bertz CT molecular complexity index is 785. The number of benzene rings is 1. The first-order chi connectivity index (χ1) is 9.79. The third-order valence-electron chi connectivity index (χ3n) is 3.11. The zero-order valence-electron chi connectivity index (χ0n) is 10.8. The maximum atomic E-state index is 8.63. The Kier molecular flexibility index (Phi) is 2.94. The summed E-state index contributed by atoms with van der Waals surface area (Å²) >= 11 is 0. The summed E-state index contributed by atoms with van der Waals surface area (Å²) in [6.07, 6.45) is 5.22. The number of hydrogen-bond acceptors (Lipinski definition) is 5. The second-order valence-electron chi connectivity index (χ2n) is 4.28. The van der Waals surface area contributed by atoms with E-state index in [2.05, 4.69) is 20.3 Å². The van der Waals surface area contributed by atoms with E-state index in [9.17, 15) is 0 Å². The van der Waals surface area contributed by atoms with Crippen LogP contribution in [-0.4, -0.2) is 22.0 Å². The molecule has 6 heteroatoms. The Morgan fingerprint density at radius 3 is 3.00 bits per heavy atom. The van der Waals surface area contributed by atoms with Crippen molar-refractivity contribution in [3.8, 4) is 6.19 Å². The van der Waals surface area contributed by atoms with Gasteiger partial charge in [0, 0.05) is 30.2 Å². The molecule has 0 amide bonds. The van der Waals surface area contributed by atoms with Crippen molar-refractivity contribution in [2.75, 3.05) is 17.3 Å². The van der Waals surface area contributed by atoms with Gasteiger partial charge in [0.2, 0.25) is 0 Å². The molecular weight excluding hydrogens is 252 g/mol. The van der Waals surface area contributed by atoms with E-state index in [0.717, 1.165) is 16.6 Å². The van der Waals surface area contributed by atoms with E-state index in [4.69, 9.17) is 5.26 Å². The fraction of sp³-hybridized carbons (Fsp3) is 0.0714. The number of nitriles is 1. The predicted molar refractivity (Wildman–Crippen MR) is 77.6 cm³/mol. The average molecular weight is 264 g/mol. The number of hydrogen-bond donors (Lipinski definition) is 2. The van der Waals surface area contributed by atoms with Gasteiger partial charge in [-0.3, -0.25) is 5.32 Å². The Morgan fingerprint density at radius 2 is 2.15 bits per heavy atom. The van der Waals surface area contributed by atoms with Crippen LogP contribution >= 0.6 is 0 Å². The minimum atomic E-state index is 0.476. The lowest BCUT2D eigenvalue weighted by molar-refractivity contribution is 1.08. The van der Waals surface area contributed by atoms with Gasteiger partial charge in [0.15, 0.2) is 6.19 Å². The van der Waals surface area contributed by atoms with Crippen LogP contribution in [0.2, 0.25) is 0 Å². The molecule has 0 fully saturated rings. The van der Waals surface area contributed by atoms with Crippen molar-refractivity contribution in [3.63, 3.8) is 0 Å². The molecule has 2 N–H and O–H groups in total. The van der Waals surface area contributed by atoms with Crippen LogP contribution in [0.4, 0.5) is 17.3 Å². The van der Waals surface area contributed by atoms with E-state index in [1.165, 1.54) is 6.33 Å². The number of nitrogens with zero attached hydrogens (tertiary/aromatic N) is 4. The van der Waals surface area contributed by atoms with Crippen molar-refractivity contribution >= 4 is 28.2 Å². The van der Waals surface area contributed by atoms with Gasteiger partial charge < -0.3 is 9.88 Å². The average Bonchev–Trinajstić information content (AvgIpc) is 2.91. The fourth-order valence-corrected chi connectivity index (χ4v) is 2.11. The summed E-state index contributed by atoms with van der Waals surface area (Å²) in [4.78, 5) is 13.4. The quantitative estimate of drug-likeness (QED) is 0.561. The van der Waals surface area contributed by atoms with Gasteiger partial charge in [0.1, 0.15) is 18.0 Å². The van der Waals surface area contributed by atoms with Gasteiger partial charge in [-0.25, -0.2) is 9.97 Å².